The molecule has 5 rings (SSSR count). The van der Waals surface area contributed by atoms with Crippen molar-refractivity contribution in [2.75, 3.05) is 24.5 Å². The van der Waals surface area contributed by atoms with Gasteiger partial charge in [-0.2, -0.15) is 4.98 Å². The Morgan fingerprint density at radius 3 is 2.73 bits per heavy atom. The Morgan fingerprint density at radius 2 is 1.97 bits per heavy atom. The molecule has 172 valence electrons. The van der Waals surface area contributed by atoms with Crippen molar-refractivity contribution >= 4 is 11.7 Å². The summed E-state index contributed by atoms with van der Waals surface area (Å²) < 4.78 is 24.0. The number of aryl methyl sites for hydroxylation is 1. The molecule has 0 unspecified atom stereocenters. The van der Waals surface area contributed by atoms with Gasteiger partial charge >= 0.3 is 6.01 Å². The van der Waals surface area contributed by atoms with Crippen molar-refractivity contribution in [2.24, 2.45) is 11.8 Å². The van der Waals surface area contributed by atoms with Gasteiger partial charge in [-0.1, -0.05) is 17.3 Å². The number of hydrogen-bond donors (Lipinski definition) is 1. The lowest BCUT2D eigenvalue weighted by Crippen LogP contribution is -2.48. The van der Waals surface area contributed by atoms with E-state index in [9.17, 15) is 9.18 Å². The van der Waals surface area contributed by atoms with Gasteiger partial charge in [0.25, 0.3) is 5.91 Å². The number of nitrogens with one attached hydrogen (secondary N) is 1. The number of carbonyl (C=O) groups is 1. The smallest absolute Gasteiger partial charge is 0.319 e. The van der Waals surface area contributed by atoms with Crippen molar-refractivity contribution in [2.45, 2.75) is 32.8 Å². The third-order valence-electron chi connectivity index (χ3n) is 5.92. The summed E-state index contributed by atoms with van der Waals surface area (Å²) in [5.41, 5.74) is 2.18. The van der Waals surface area contributed by atoms with Crippen LogP contribution in [0, 0.1) is 24.6 Å². The zero-order valence-corrected chi connectivity index (χ0v) is 18.5. The fourth-order valence-electron chi connectivity index (χ4n) is 3.86. The summed E-state index contributed by atoms with van der Waals surface area (Å²) in [6.07, 6.45) is 3.25. The van der Waals surface area contributed by atoms with Gasteiger partial charge in [0, 0.05) is 37.5 Å². The monoisotopic (exact) mass is 451 g/mol. The van der Waals surface area contributed by atoms with Gasteiger partial charge < -0.3 is 19.5 Å². The molecule has 1 aromatic carbocycles. The molecule has 0 bridgehead atoms. The van der Waals surface area contributed by atoms with Gasteiger partial charge in [0.15, 0.2) is 18.1 Å². The molecule has 1 amide bonds. The maximum Gasteiger partial charge on any atom is 0.319 e. The van der Waals surface area contributed by atoms with Crippen LogP contribution in [0.4, 0.5) is 10.2 Å². The summed E-state index contributed by atoms with van der Waals surface area (Å²) in [7, 11) is 0. The minimum atomic E-state index is -0.237. The Morgan fingerprint density at radius 1 is 1.18 bits per heavy atom. The van der Waals surface area contributed by atoms with Crippen LogP contribution in [0.2, 0.25) is 0 Å². The van der Waals surface area contributed by atoms with Crippen LogP contribution in [0.1, 0.15) is 40.3 Å². The summed E-state index contributed by atoms with van der Waals surface area (Å²) in [5, 5.41) is 6.68. The molecule has 2 aliphatic rings. The van der Waals surface area contributed by atoms with Crippen LogP contribution in [-0.2, 0) is 13.0 Å². The van der Waals surface area contributed by atoms with E-state index in [1.807, 2.05) is 25.1 Å². The molecule has 2 fully saturated rings. The number of carbonyl (C=O) groups excluding carboxylic acids is 1. The van der Waals surface area contributed by atoms with Gasteiger partial charge in [0.05, 0.1) is 0 Å². The standard InChI is InChI=1S/C24H26FN5O3/c1-15-8-22(30-12-18(13-30)9-16-4-6-19(25)7-5-16)28-24(27-15)32-14-20-10-21(29-33-20)23(31)26-11-17-2-3-17/h4-8,10,17-18H,2-3,9,11-14H2,1H3,(H,26,31). The number of ether oxygens (including phenoxy) is 1. The fraction of sp³-hybridized carbons (Fsp3) is 0.417. The highest BCUT2D eigenvalue weighted by Gasteiger charge is 2.28. The Kier molecular flexibility index (Phi) is 5.93. The number of hydrogen-bond acceptors (Lipinski definition) is 7. The normalized spacial score (nSPS) is 15.9. The van der Waals surface area contributed by atoms with E-state index in [1.165, 1.54) is 25.0 Å². The molecule has 1 saturated heterocycles. The van der Waals surface area contributed by atoms with Crippen LogP contribution >= 0.6 is 0 Å². The van der Waals surface area contributed by atoms with E-state index in [1.54, 1.807) is 6.07 Å². The average molecular weight is 452 g/mol. The third-order valence-corrected chi connectivity index (χ3v) is 5.92. The Bertz CT molecular complexity index is 1120. The zero-order chi connectivity index (χ0) is 22.8. The largest absolute Gasteiger partial charge is 0.455 e. The molecule has 1 aliphatic carbocycles. The molecule has 33 heavy (non-hydrogen) atoms. The Balaban J connectivity index is 1.13. The number of benzene rings is 1. The van der Waals surface area contributed by atoms with Crippen LogP contribution < -0.4 is 15.0 Å². The number of halogens is 1. The lowest BCUT2D eigenvalue weighted by Gasteiger charge is -2.40. The van der Waals surface area contributed by atoms with Crippen LogP contribution in [0.25, 0.3) is 0 Å². The van der Waals surface area contributed by atoms with E-state index in [4.69, 9.17) is 9.26 Å². The molecule has 0 atom stereocenters. The van der Waals surface area contributed by atoms with Crippen molar-refractivity contribution in [3.8, 4) is 6.01 Å². The van der Waals surface area contributed by atoms with Gasteiger partial charge in [-0.05, 0) is 55.7 Å². The Hall–Kier alpha value is -3.49. The van der Waals surface area contributed by atoms with Crippen molar-refractivity contribution in [3.05, 3.63) is 64.9 Å². The van der Waals surface area contributed by atoms with Gasteiger partial charge in [0.1, 0.15) is 11.6 Å². The van der Waals surface area contributed by atoms with E-state index < -0.39 is 0 Å². The van der Waals surface area contributed by atoms with E-state index in [-0.39, 0.29) is 30.0 Å². The molecule has 2 aromatic heterocycles. The highest BCUT2D eigenvalue weighted by molar-refractivity contribution is 5.92. The highest BCUT2D eigenvalue weighted by Crippen LogP contribution is 2.28. The first kappa shape index (κ1) is 21.4. The van der Waals surface area contributed by atoms with Crippen molar-refractivity contribution < 1.29 is 18.4 Å². The molecule has 0 radical (unpaired) electrons. The van der Waals surface area contributed by atoms with Gasteiger partial charge in [0.2, 0.25) is 0 Å². The lowest BCUT2D eigenvalue weighted by atomic mass is 9.92. The lowest BCUT2D eigenvalue weighted by molar-refractivity contribution is 0.0942. The van der Waals surface area contributed by atoms with Gasteiger partial charge in [-0.3, -0.25) is 4.79 Å². The van der Waals surface area contributed by atoms with Crippen molar-refractivity contribution in [1.29, 1.82) is 0 Å². The van der Waals surface area contributed by atoms with E-state index >= 15 is 0 Å². The van der Waals surface area contributed by atoms with Crippen LogP contribution in [0.3, 0.4) is 0 Å². The number of aromatic nitrogens is 3. The third kappa shape index (κ3) is 5.47. The minimum Gasteiger partial charge on any atom is -0.455 e. The minimum absolute atomic E-state index is 0.0823. The first-order chi connectivity index (χ1) is 16.0. The molecule has 1 N–H and O–H groups in total. The summed E-state index contributed by atoms with van der Waals surface area (Å²) in [6.45, 7) is 4.39. The molecule has 1 saturated carbocycles. The summed E-state index contributed by atoms with van der Waals surface area (Å²) in [6, 6.07) is 10.4. The first-order valence-corrected chi connectivity index (χ1v) is 11.2. The highest BCUT2D eigenvalue weighted by atomic mass is 19.1. The van der Waals surface area contributed by atoms with Crippen molar-refractivity contribution in [1.82, 2.24) is 20.4 Å². The summed E-state index contributed by atoms with van der Waals surface area (Å²) in [5.74, 6) is 1.89. The van der Waals surface area contributed by atoms with Crippen LogP contribution in [-0.4, -0.2) is 40.7 Å². The second-order valence-corrected chi connectivity index (χ2v) is 8.87. The van der Waals surface area contributed by atoms with Crippen LogP contribution in [0.5, 0.6) is 6.01 Å². The molecule has 1 aliphatic heterocycles. The zero-order valence-electron chi connectivity index (χ0n) is 18.5. The molecule has 9 heteroatoms. The van der Waals surface area contributed by atoms with E-state index in [0.717, 1.165) is 36.6 Å². The van der Waals surface area contributed by atoms with Gasteiger partial charge in [-0.15, -0.1) is 0 Å². The topological polar surface area (TPSA) is 93.4 Å². The van der Waals surface area contributed by atoms with Crippen LogP contribution in [0.15, 0.2) is 40.9 Å². The molecule has 3 aromatic rings. The predicted molar refractivity (Wildman–Crippen MR) is 118 cm³/mol. The molecule has 0 spiro atoms. The van der Waals surface area contributed by atoms with E-state index in [0.29, 0.717) is 24.1 Å². The number of rotatable bonds is 9. The number of anilines is 1. The maximum atomic E-state index is 13.1. The Labute approximate surface area is 191 Å². The first-order valence-electron chi connectivity index (χ1n) is 11.2. The summed E-state index contributed by atoms with van der Waals surface area (Å²) in [4.78, 5) is 23.1. The molecular weight excluding hydrogens is 425 g/mol. The predicted octanol–water partition coefficient (Wildman–Crippen LogP) is 3.31. The average Bonchev–Trinajstić information content (AvgIpc) is 3.48. The number of nitrogens with zero attached hydrogens (tertiary/aromatic N) is 4. The SMILES string of the molecule is Cc1cc(N2CC(Cc3ccc(F)cc3)C2)nc(OCc2cc(C(=O)NCC3CC3)no2)n1. The van der Waals surface area contributed by atoms with Crippen molar-refractivity contribution in [3.63, 3.8) is 0 Å². The number of amides is 1. The maximum absolute atomic E-state index is 13.1. The van der Waals surface area contributed by atoms with Gasteiger partial charge in [-0.25, -0.2) is 9.37 Å². The quantitative estimate of drug-likeness (QED) is 0.533. The second-order valence-electron chi connectivity index (χ2n) is 8.87. The summed E-state index contributed by atoms with van der Waals surface area (Å²) >= 11 is 0. The fourth-order valence-corrected chi connectivity index (χ4v) is 3.86. The molecule has 8 nitrogen and oxygen atoms in total. The molecule has 3 heterocycles. The van der Waals surface area contributed by atoms with E-state index in [2.05, 4.69) is 25.3 Å². The second kappa shape index (κ2) is 9.17. The molecular formula is C24H26FN5O3.